The number of aromatic nitrogens is 3. The molecular formula is C46H35N3. The van der Waals surface area contributed by atoms with Crippen LogP contribution in [-0.2, 0) is 5.41 Å². The summed E-state index contributed by atoms with van der Waals surface area (Å²) in [6.45, 7) is 0. The van der Waals surface area contributed by atoms with Gasteiger partial charge in [0, 0.05) is 22.6 Å². The molecule has 0 bridgehead atoms. The third-order valence-electron chi connectivity index (χ3n) is 10.4. The molecule has 9 rings (SSSR count). The van der Waals surface area contributed by atoms with Crippen LogP contribution in [0, 0.1) is 5.92 Å². The fourth-order valence-corrected chi connectivity index (χ4v) is 8.16. The minimum atomic E-state index is -0.433. The molecule has 0 N–H and O–H groups in total. The highest BCUT2D eigenvalue weighted by molar-refractivity contribution is 5.90. The molecule has 3 nitrogen and oxygen atoms in total. The summed E-state index contributed by atoms with van der Waals surface area (Å²) >= 11 is 0. The van der Waals surface area contributed by atoms with Crippen molar-refractivity contribution in [2.75, 3.05) is 0 Å². The van der Waals surface area contributed by atoms with Crippen LogP contribution >= 0.6 is 0 Å². The Labute approximate surface area is 287 Å². The molecule has 3 aliphatic carbocycles. The van der Waals surface area contributed by atoms with Crippen molar-refractivity contribution in [3.05, 3.63) is 204 Å². The monoisotopic (exact) mass is 629 g/mol. The van der Waals surface area contributed by atoms with Gasteiger partial charge in [-0.1, -0.05) is 176 Å². The van der Waals surface area contributed by atoms with Crippen molar-refractivity contribution in [2.24, 2.45) is 5.92 Å². The van der Waals surface area contributed by atoms with Gasteiger partial charge in [0.2, 0.25) is 0 Å². The zero-order chi connectivity index (χ0) is 32.6. The van der Waals surface area contributed by atoms with Gasteiger partial charge in [0.05, 0.1) is 5.41 Å². The zero-order valence-corrected chi connectivity index (χ0v) is 27.2. The van der Waals surface area contributed by atoms with Crippen molar-refractivity contribution in [3.8, 4) is 33.9 Å². The SMILES string of the molecule is C1=CCC(C2(c3ccccc3)c3ccccc3-c3cccc(-c4nc(C5=CCC(c6ccccc6)C=C5)nc(-c5ccccc5)n4)c32)C=C1. The predicted molar refractivity (Wildman–Crippen MR) is 200 cm³/mol. The van der Waals surface area contributed by atoms with E-state index in [1.807, 2.05) is 18.2 Å². The summed E-state index contributed by atoms with van der Waals surface area (Å²) in [5.74, 6) is 2.62. The molecule has 234 valence electrons. The topological polar surface area (TPSA) is 38.7 Å². The highest BCUT2D eigenvalue weighted by Crippen LogP contribution is 2.60. The quantitative estimate of drug-likeness (QED) is 0.184. The molecule has 0 aliphatic heterocycles. The number of allylic oxidation sites excluding steroid dienone is 8. The summed E-state index contributed by atoms with van der Waals surface area (Å²) < 4.78 is 0. The Bertz CT molecular complexity index is 2280. The second kappa shape index (κ2) is 12.3. The summed E-state index contributed by atoms with van der Waals surface area (Å²) in [5, 5.41) is 0. The third-order valence-corrected chi connectivity index (χ3v) is 10.4. The molecule has 0 radical (unpaired) electrons. The first-order chi connectivity index (χ1) is 24.3. The molecule has 0 fully saturated rings. The Balaban J connectivity index is 1.27. The van der Waals surface area contributed by atoms with Crippen LogP contribution in [0.5, 0.6) is 0 Å². The Hall–Kier alpha value is -5.93. The normalized spacial score (nSPS) is 20.4. The van der Waals surface area contributed by atoms with E-state index >= 15 is 0 Å². The van der Waals surface area contributed by atoms with Gasteiger partial charge in [0.25, 0.3) is 0 Å². The first-order valence-corrected chi connectivity index (χ1v) is 17.2. The maximum atomic E-state index is 5.32. The van der Waals surface area contributed by atoms with Gasteiger partial charge in [0.15, 0.2) is 17.5 Å². The van der Waals surface area contributed by atoms with E-state index in [2.05, 4.69) is 158 Å². The number of nitrogens with zero attached hydrogens (tertiary/aromatic N) is 3. The number of fused-ring (bicyclic) bond motifs is 3. The van der Waals surface area contributed by atoms with Crippen LogP contribution < -0.4 is 0 Å². The van der Waals surface area contributed by atoms with Crippen LogP contribution in [0.1, 0.15) is 46.8 Å². The number of hydrogen-bond acceptors (Lipinski definition) is 3. The second-order valence-corrected chi connectivity index (χ2v) is 13.0. The molecule has 3 unspecified atom stereocenters. The summed E-state index contributed by atoms with van der Waals surface area (Å²) in [6.07, 6.45) is 17.7. The number of hydrogen-bond donors (Lipinski definition) is 0. The van der Waals surface area contributed by atoms with Gasteiger partial charge in [-0.25, -0.2) is 15.0 Å². The van der Waals surface area contributed by atoms with Gasteiger partial charge in [-0.3, -0.25) is 0 Å². The largest absolute Gasteiger partial charge is 0.208 e. The van der Waals surface area contributed by atoms with E-state index in [0.717, 1.165) is 29.5 Å². The molecule has 3 aliphatic rings. The lowest BCUT2D eigenvalue weighted by molar-refractivity contribution is 0.458. The number of benzene rings is 5. The van der Waals surface area contributed by atoms with Crippen molar-refractivity contribution < 1.29 is 0 Å². The maximum absolute atomic E-state index is 5.32. The van der Waals surface area contributed by atoms with Crippen molar-refractivity contribution >= 4 is 5.57 Å². The molecule has 49 heavy (non-hydrogen) atoms. The van der Waals surface area contributed by atoms with E-state index in [4.69, 9.17) is 15.0 Å². The van der Waals surface area contributed by atoms with E-state index < -0.39 is 5.41 Å². The smallest absolute Gasteiger partial charge is 0.164 e. The fourth-order valence-electron chi connectivity index (χ4n) is 8.16. The van der Waals surface area contributed by atoms with Gasteiger partial charge in [-0.2, -0.15) is 0 Å². The highest BCUT2D eigenvalue weighted by Gasteiger charge is 2.50. The van der Waals surface area contributed by atoms with Crippen LogP contribution in [-0.4, -0.2) is 15.0 Å². The first kappa shape index (κ1) is 29.2. The lowest BCUT2D eigenvalue weighted by Gasteiger charge is -2.40. The van der Waals surface area contributed by atoms with Gasteiger partial charge >= 0.3 is 0 Å². The average molecular weight is 630 g/mol. The molecule has 0 spiro atoms. The van der Waals surface area contributed by atoms with E-state index in [-0.39, 0.29) is 5.92 Å². The van der Waals surface area contributed by atoms with Crippen molar-refractivity contribution in [1.29, 1.82) is 0 Å². The Morgan fingerprint density at radius 2 is 1.20 bits per heavy atom. The lowest BCUT2D eigenvalue weighted by Crippen LogP contribution is -2.36. The summed E-state index contributed by atoms with van der Waals surface area (Å²) in [7, 11) is 0. The molecule has 5 aromatic carbocycles. The van der Waals surface area contributed by atoms with E-state index in [9.17, 15) is 0 Å². The first-order valence-electron chi connectivity index (χ1n) is 17.2. The lowest BCUT2D eigenvalue weighted by atomic mass is 9.61. The molecular weight excluding hydrogens is 595 g/mol. The average Bonchev–Trinajstić information content (AvgIpc) is 3.50. The number of rotatable bonds is 6. The third kappa shape index (κ3) is 4.93. The highest BCUT2D eigenvalue weighted by atomic mass is 15.0. The maximum Gasteiger partial charge on any atom is 0.164 e. The minimum Gasteiger partial charge on any atom is -0.208 e. The van der Waals surface area contributed by atoms with Crippen molar-refractivity contribution in [1.82, 2.24) is 15.0 Å². The minimum absolute atomic E-state index is 0.206. The van der Waals surface area contributed by atoms with Crippen molar-refractivity contribution in [3.63, 3.8) is 0 Å². The van der Waals surface area contributed by atoms with Crippen molar-refractivity contribution in [2.45, 2.75) is 24.2 Å². The van der Waals surface area contributed by atoms with E-state index in [1.165, 1.54) is 33.4 Å². The van der Waals surface area contributed by atoms with Crippen LogP contribution in [0.3, 0.4) is 0 Å². The van der Waals surface area contributed by atoms with Crippen LogP contribution in [0.25, 0.3) is 39.5 Å². The van der Waals surface area contributed by atoms with Crippen LogP contribution in [0.15, 0.2) is 176 Å². The Morgan fingerprint density at radius 1 is 0.531 bits per heavy atom. The van der Waals surface area contributed by atoms with Crippen LogP contribution in [0.4, 0.5) is 0 Å². The second-order valence-electron chi connectivity index (χ2n) is 13.0. The molecule has 1 heterocycles. The molecule has 0 saturated carbocycles. The van der Waals surface area contributed by atoms with E-state index in [0.29, 0.717) is 23.4 Å². The predicted octanol–water partition coefficient (Wildman–Crippen LogP) is 10.8. The summed E-state index contributed by atoms with van der Waals surface area (Å²) in [4.78, 5) is 15.7. The van der Waals surface area contributed by atoms with Gasteiger partial charge < -0.3 is 0 Å². The summed E-state index contributed by atoms with van der Waals surface area (Å²) in [5.41, 5.74) is 10.3. The van der Waals surface area contributed by atoms with E-state index in [1.54, 1.807) is 0 Å². The Morgan fingerprint density at radius 3 is 1.96 bits per heavy atom. The van der Waals surface area contributed by atoms with Gasteiger partial charge in [-0.15, -0.1) is 0 Å². The Kier molecular flexibility index (Phi) is 7.31. The molecule has 6 aromatic rings. The molecule has 3 atom stereocenters. The zero-order valence-electron chi connectivity index (χ0n) is 27.2. The van der Waals surface area contributed by atoms with Gasteiger partial charge in [0.1, 0.15) is 0 Å². The van der Waals surface area contributed by atoms with Crippen LogP contribution in [0.2, 0.25) is 0 Å². The molecule has 3 heteroatoms. The molecule has 1 aromatic heterocycles. The standard InChI is InChI=1S/C46H35N3/c1-5-16-32(17-6-1)33-28-30-35(31-29-33)44-47-43(34-18-7-2-8-19-34)48-45(49-44)40-26-15-25-39-38-24-13-14-27-41(38)46(42(39)40,36-20-9-3-10-21-36)37-22-11-4-12-23-37/h1-22,24-28,30-31,33,37H,23,29H2. The summed E-state index contributed by atoms with van der Waals surface area (Å²) in [6, 6.07) is 47.6. The molecule has 0 amide bonds. The molecule has 0 saturated heterocycles. The fraction of sp³-hybridized carbons (Fsp3) is 0.109. The van der Waals surface area contributed by atoms with Gasteiger partial charge in [-0.05, 0) is 52.1 Å².